The van der Waals surface area contributed by atoms with Gasteiger partial charge in [0.15, 0.2) is 0 Å². The molecule has 1 aliphatic rings. The molecule has 0 aliphatic carbocycles. The molecule has 2 heteroatoms. The first-order chi connectivity index (χ1) is 5.36. The zero-order valence-electron chi connectivity index (χ0n) is 7.90. The van der Waals surface area contributed by atoms with Crippen LogP contribution in [0.2, 0.25) is 0 Å². The summed E-state index contributed by atoms with van der Waals surface area (Å²) in [7, 11) is 0. The second-order valence-corrected chi connectivity index (χ2v) is 3.45. The third kappa shape index (κ3) is 2.80. The zero-order chi connectivity index (χ0) is 8.10. The predicted octanol–water partition coefficient (Wildman–Crippen LogP) is -0.383. The predicted molar refractivity (Wildman–Crippen MR) is 48.0 cm³/mol. The number of hydrogen-bond donors (Lipinski definition) is 1. The van der Waals surface area contributed by atoms with Crippen LogP contribution in [0.15, 0.2) is 0 Å². The van der Waals surface area contributed by atoms with Gasteiger partial charge in [-0.25, -0.2) is 0 Å². The summed E-state index contributed by atoms with van der Waals surface area (Å²) in [5.41, 5.74) is 0. The van der Waals surface area contributed by atoms with Gasteiger partial charge in [0.2, 0.25) is 0 Å². The summed E-state index contributed by atoms with van der Waals surface area (Å²) in [4.78, 5) is 4.36. The molecule has 0 atom stereocenters. The highest BCUT2D eigenvalue weighted by molar-refractivity contribution is 4.58. The summed E-state index contributed by atoms with van der Waals surface area (Å²) >= 11 is 0. The van der Waals surface area contributed by atoms with E-state index in [2.05, 4.69) is 18.7 Å². The Morgan fingerprint density at radius 1 is 1.18 bits per heavy atom. The van der Waals surface area contributed by atoms with Crippen molar-refractivity contribution >= 4 is 0 Å². The van der Waals surface area contributed by atoms with Gasteiger partial charge in [-0.05, 0) is 19.9 Å². The van der Waals surface area contributed by atoms with E-state index in [0.29, 0.717) is 0 Å². The third-order valence-corrected chi connectivity index (χ3v) is 2.60. The van der Waals surface area contributed by atoms with Gasteiger partial charge in [-0.1, -0.05) is 6.92 Å². The fourth-order valence-electron chi connectivity index (χ4n) is 1.76. The number of piperazine rings is 1. The molecule has 0 amide bonds. The van der Waals surface area contributed by atoms with E-state index in [4.69, 9.17) is 0 Å². The van der Waals surface area contributed by atoms with Crippen molar-refractivity contribution in [1.82, 2.24) is 4.90 Å². The Kier molecular flexibility index (Phi) is 3.87. The Morgan fingerprint density at radius 2 is 1.82 bits per heavy atom. The van der Waals surface area contributed by atoms with Crippen molar-refractivity contribution in [1.29, 1.82) is 0 Å². The van der Waals surface area contributed by atoms with Crippen molar-refractivity contribution in [3.8, 4) is 0 Å². The van der Waals surface area contributed by atoms with E-state index in [9.17, 15) is 0 Å². The lowest BCUT2D eigenvalue weighted by molar-refractivity contribution is -0.902. The van der Waals surface area contributed by atoms with Crippen molar-refractivity contribution in [3.05, 3.63) is 0 Å². The first-order valence-corrected chi connectivity index (χ1v) is 4.92. The molecule has 0 bridgehead atoms. The Balaban J connectivity index is 2.14. The van der Waals surface area contributed by atoms with Crippen LogP contribution in [0, 0.1) is 0 Å². The first kappa shape index (κ1) is 9.01. The van der Waals surface area contributed by atoms with Crippen LogP contribution in [-0.2, 0) is 0 Å². The Morgan fingerprint density at radius 3 is 2.27 bits per heavy atom. The number of nitrogens with one attached hydrogen (secondary N) is 1. The molecule has 0 aromatic carbocycles. The van der Waals surface area contributed by atoms with E-state index in [1.54, 1.807) is 4.90 Å². The number of hydrogen-bond acceptors (Lipinski definition) is 1. The van der Waals surface area contributed by atoms with Gasteiger partial charge in [0.25, 0.3) is 0 Å². The van der Waals surface area contributed by atoms with Gasteiger partial charge in [0.1, 0.15) is 0 Å². The summed E-state index contributed by atoms with van der Waals surface area (Å²) in [6, 6.07) is 0. The minimum atomic E-state index is 1.30. The summed E-state index contributed by atoms with van der Waals surface area (Å²) < 4.78 is 0. The molecule has 0 unspecified atom stereocenters. The van der Waals surface area contributed by atoms with Gasteiger partial charge in [-0.15, -0.1) is 0 Å². The van der Waals surface area contributed by atoms with Crippen LogP contribution in [0.1, 0.15) is 20.3 Å². The molecule has 1 fully saturated rings. The molecule has 0 aromatic heterocycles. The molecule has 1 aliphatic heterocycles. The van der Waals surface area contributed by atoms with Crippen LogP contribution < -0.4 is 4.90 Å². The van der Waals surface area contributed by atoms with Crippen molar-refractivity contribution in [2.45, 2.75) is 20.3 Å². The number of nitrogens with zero attached hydrogens (tertiary/aromatic N) is 1. The summed E-state index contributed by atoms with van der Waals surface area (Å²) in [5.74, 6) is 0. The highest BCUT2D eigenvalue weighted by Crippen LogP contribution is 1.90. The van der Waals surface area contributed by atoms with E-state index in [1.807, 2.05) is 0 Å². The van der Waals surface area contributed by atoms with Gasteiger partial charge in [0.05, 0.1) is 19.6 Å². The summed E-state index contributed by atoms with van der Waals surface area (Å²) in [5, 5.41) is 0. The van der Waals surface area contributed by atoms with Crippen LogP contribution in [0.25, 0.3) is 0 Å². The molecule has 0 radical (unpaired) electrons. The highest BCUT2D eigenvalue weighted by Gasteiger charge is 2.16. The van der Waals surface area contributed by atoms with Gasteiger partial charge < -0.3 is 4.90 Å². The normalized spacial score (nSPS) is 22.4. The maximum absolute atomic E-state index is 2.58. The number of quaternary nitrogens is 1. The Hall–Kier alpha value is -0.0800. The van der Waals surface area contributed by atoms with Crippen LogP contribution >= 0.6 is 0 Å². The molecule has 1 rings (SSSR count). The van der Waals surface area contributed by atoms with E-state index in [1.165, 1.54) is 45.7 Å². The quantitative estimate of drug-likeness (QED) is 0.587. The second kappa shape index (κ2) is 4.73. The van der Waals surface area contributed by atoms with Crippen molar-refractivity contribution in [2.24, 2.45) is 0 Å². The van der Waals surface area contributed by atoms with E-state index in [-0.39, 0.29) is 0 Å². The molecule has 0 aromatic rings. The van der Waals surface area contributed by atoms with Crippen molar-refractivity contribution in [3.63, 3.8) is 0 Å². The van der Waals surface area contributed by atoms with E-state index >= 15 is 0 Å². The fourth-order valence-corrected chi connectivity index (χ4v) is 1.76. The first-order valence-electron chi connectivity index (χ1n) is 4.92. The second-order valence-electron chi connectivity index (χ2n) is 3.45. The standard InChI is InChI=1S/C9H20N2/c1-3-5-11-8-6-10(4-2)7-9-11/h3-9H2,1-2H3/p+1. The molecule has 66 valence electrons. The van der Waals surface area contributed by atoms with Crippen LogP contribution in [-0.4, -0.2) is 44.2 Å². The smallest absolute Gasteiger partial charge is 0.0900 e. The molecule has 1 heterocycles. The maximum Gasteiger partial charge on any atom is 0.0900 e. The van der Waals surface area contributed by atoms with Crippen molar-refractivity contribution in [2.75, 3.05) is 39.3 Å². The fraction of sp³-hybridized carbons (Fsp3) is 1.00. The van der Waals surface area contributed by atoms with Crippen molar-refractivity contribution < 1.29 is 4.90 Å². The minimum Gasteiger partial charge on any atom is -0.333 e. The van der Waals surface area contributed by atoms with Crippen LogP contribution in [0.4, 0.5) is 0 Å². The largest absolute Gasteiger partial charge is 0.333 e. The number of likely N-dealkylation sites (N-methyl/N-ethyl adjacent to an activating group) is 1. The number of rotatable bonds is 3. The summed E-state index contributed by atoms with van der Waals surface area (Å²) in [6.45, 7) is 12.5. The monoisotopic (exact) mass is 157 g/mol. The minimum absolute atomic E-state index is 1.30. The molecule has 0 saturated carbocycles. The lowest BCUT2D eigenvalue weighted by Gasteiger charge is -2.31. The van der Waals surface area contributed by atoms with E-state index in [0.717, 1.165) is 0 Å². The SMILES string of the molecule is CCCN1CC[NH+](CC)CC1. The molecule has 2 nitrogen and oxygen atoms in total. The van der Waals surface area contributed by atoms with Gasteiger partial charge >= 0.3 is 0 Å². The average molecular weight is 157 g/mol. The zero-order valence-corrected chi connectivity index (χ0v) is 7.90. The Labute approximate surface area is 70.2 Å². The van der Waals surface area contributed by atoms with E-state index < -0.39 is 0 Å². The highest BCUT2D eigenvalue weighted by atomic mass is 15.3. The van der Waals surface area contributed by atoms with Gasteiger partial charge in [-0.3, -0.25) is 4.90 Å². The molecule has 1 N–H and O–H groups in total. The topological polar surface area (TPSA) is 7.68 Å². The molecular weight excluding hydrogens is 136 g/mol. The molecule has 11 heavy (non-hydrogen) atoms. The molecule has 0 spiro atoms. The summed E-state index contributed by atoms with van der Waals surface area (Å²) in [6.07, 6.45) is 1.31. The Bertz CT molecular complexity index is 95.7. The van der Waals surface area contributed by atoms with Gasteiger partial charge in [-0.2, -0.15) is 0 Å². The van der Waals surface area contributed by atoms with Crippen LogP contribution in [0.5, 0.6) is 0 Å². The lowest BCUT2D eigenvalue weighted by Crippen LogP contribution is -3.14. The maximum atomic E-state index is 2.58. The third-order valence-electron chi connectivity index (χ3n) is 2.60. The molecule has 1 saturated heterocycles. The average Bonchev–Trinajstić information content (AvgIpc) is 2.07. The van der Waals surface area contributed by atoms with Crippen LogP contribution in [0.3, 0.4) is 0 Å². The molecular formula is C9H21N2+. The lowest BCUT2D eigenvalue weighted by atomic mass is 10.3. The van der Waals surface area contributed by atoms with Gasteiger partial charge in [0, 0.05) is 13.1 Å².